The Bertz CT molecular complexity index is 637. The zero-order valence-electron chi connectivity index (χ0n) is 9.82. The highest BCUT2D eigenvalue weighted by atomic mass is 35.5. The quantitative estimate of drug-likeness (QED) is 0.924. The number of hydrazine groups is 1. The third-order valence-corrected chi connectivity index (χ3v) is 3.88. The van der Waals surface area contributed by atoms with E-state index in [1.165, 1.54) is 17.4 Å². The minimum absolute atomic E-state index is 0.178. The molecule has 6 nitrogen and oxygen atoms in total. The molecule has 1 aromatic carbocycles. The largest absolute Gasteiger partial charge is 0.261 e. The van der Waals surface area contributed by atoms with Gasteiger partial charge in [0.25, 0.3) is 0 Å². The molecule has 0 bridgehead atoms. The van der Waals surface area contributed by atoms with Crippen LogP contribution >= 0.6 is 11.6 Å². The number of hydrogen-bond acceptors (Lipinski definition) is 6. The lowest BCUT2D eigenvalue weighted by Gasteiger charge is -2.17. The van der Waals surface area contributed by atoms with Crippen molar-refractivity contribution in [3.05, 3.63) is 36.3 Å². The van der Waals surface area contributed by atoms with Gasteiger partial charge in [-0.25, -0.2) is 8.42 Å². The number of nitrogens with zero attached hydrogens (tertiary/aromatic N) is 3. The second kappa shape index (κ2) is 5.41. The molecule has 2 rings (SSSR count). The summed E-state index contributed by atoms with van der Waals surface area (Å²) < 4.78 is 23.1. The standard InChI is InChI=1S/C11H11ClN4O2S/c1-2-19(17,18)10-5-3-9(4-6-10)14-16-13-8-7-11(12)15-16/h2-6,8,14H,1,7H2. The van der Waals surface area contributed by atoms with Crippen LogP contribution in [0.2, 0.25) is 0 Å². The van der Waals surface area contributed by atoms with Gasteiger partial charge in [0, 0.05) is 18.0 Å². The van der Waals surface area contributed by atoms with Crippen molar-refractivity contribution in [1.82, 2.24) is 5.23 Å². The molecule has 0 aromatic heterocycles. The molecule has 1 aliphatic heterocycles. The fourth-order valence-corrected chi connectivity index (χ4v) is 2.20. The summed E-state index contributed by atoms with van der Waals surface area (Å²) >= 11 is 5.77. The third kappa shape index (κ3) is 3.33. The minimum atomic E-state index is -3.41. The first kappa shape index (κ1) is 13.6. The van der Waals surface area contributed by atoms with Crippen LogP contribution in [0, 0.1) is 0 Å². The van der Waals surface area contributed by atoms with Gasteiger partial charge in [0.2, 0.25) is 0 Å². The lowest BCUT2D eigenvalue weighted by atomic mass is 10.3. The van der Waals surface area contributed by atoms with Gasteiger partial charge in [0.05, 0.1) is 10.6 Å². The third-order valence-electron chi connectivity index (χ3n) is 2.29. The van der Waals surface area contributed by atoms with Crippen molar-refractivity contribution >= 4 is 38.5 Å². The van der Waals surface area contributed by atoms with Crippen molar-refractivity contribution in [2.75, 3.05) is 5.43 Å². The molecular weight excluding hydrogens is 288 g/mol. The van der Waals surface area contributed by atoms with Crippen LogP contribution < -0.4 is 5.43 Å². The lowest BCUT2D eigenvalue weighted by Crippen LogP contribution is -2.22. The molecule has 1 aliphatic rings. The molecule has 0 amide bonds. The van der Waals surface area contributed by atoms with Crippen LogP contribution in [0.25, 0.3) is 0 Å². The maximum atomic E-state index is 11.5. The Balaban J connectivity index is 2.14. The molecule has 0 radical (unpaired) electrons. The summed E-state index contributed by atoms with van der Waals surface area (Å²) in [5.41, 5.74) is 3.49. The fourth-order valence-electron chi connectivity index (χ4n) is 1.35. The van der Waals surface area contributed by atoms with E-state index in [4.69, 9.17) is 11.6 Å². The van der Waals surface area contributed by atoms with Gasteiger partial charge in [-0.3, -0.25) is 5.43 Å². The number of halogens is 1. The van der Waals surface area contributed by atoms with E-state index in [2.05, 4.69) is 22.2 Å². The van der Waals surface area contributed by atoms with Crippen molar-refractivity contribution in [3.63, 3.8) is 0 Å². The Labute approximate surface area is 116 Å². The van der Waals surface area contributed by atoms with Gasteiger partial charge in [0.1, 0.15) is 5.17 Å². The predicted molar refractivity (Wildman–Crippen MR) is 75.7 cm³/mol. The summed E-state index contributed by atoms with van der Waals surface area (Å²) in [5.74, 6) is 0. The smallest absolute Gasteiger partial charge is 0.199 e. The van der Waals surface area contributed by atoms with Gasteiger partial charge in [-0.05, 0) is 24.3 Å². The van der Waals surface area contributed by atoms with Crippen molar-refractivity contribution in [3.8, 4) is 0 Å². The zero-order chi connectivity index (χ0) is 13.9. The average Bonchev–Trinajstić information content (AvgIpc) is 2.39. The molecule has 1 N–H and O–H groups in total. The van der Waals surface area contributed by atoms with Crippen molar-refractivity contribution in [1.29, 1.82) is 0 Å². The molecular formula is C11H11ClN4O2S. The van der Waals surface area contributed by atoms with Crippen LogP contribution in [0.15, 0.2) is 51.4 Å². The van der Waals surface area contributed by atoms with E-state index in [1.54, 1.807) is 18.3 Å². The minimum Gasteiger partial charge on any atom is -0.261 e. The van der Waals surface area contributed by atoms with Gasteiger partial charge < -0.3 is 0 Å². The lowest BCUT2D eigenvalue weighted by molar-refractivity contribution is 0.368. The first-order valence-corrected chi connectivity index (χ1v) is 7.23. The molecule has 1 aromatic rings. The Morgan fingerprint density at radius 3 is 2.63 bits per heavy atom. The number of rotatable bonds is 4. The molecule has 0 unspecified atom stereocenters. The molecule has 8 heteroatoms. The molecule has 0 aliphatic carbocycles. The van der Waals surface area contributed by atoms with E-state index >= 15 is 0 Å². The highest BCUT2D eigenvalue weighted by molar-refractivity contribution is 7.94. The monoisotopic (exact) mass is 298 g/mol. The SMILES string of the molecule is C=CS(=O)(=O)c1ccc(NN2N=CCC(Cl)=N2)cc1. The van der Waals surface area contributed by atoms with Crippen LogP contribution in [0.4, 0.5) is 5.69 Å². The molecule has 19 heavy (non-hydrogen) atoms. The highest BCUT2D eigenvalue weighted by Crippen LogP contribution is 2.17. The van der Waals surface area contributed by atoms with Crippen LogP contribution in [-0.2, 0) is 9.84 Å². The van der Waals surface area contributed by atoms with Gasteiger partial charge >= 0.3 is 0 Å². The van der Waals surface area contributed by atoms with E-state index in [0.29, 0.717) is 17.3 Å². The summed E-state index contributed by atoms with van der Waals surface area (Å²) in [5, 5.41) is 10.4. The Kier molecular flexibility index (Phi) is 3.87. The maximum absolute atomic E-state index is 11.5. The van der Waals surface area contributed by atoms with Crippen LogP contribution in [0.1, 0.15) is 6.42 Å². The highest BCUT2D eigenvalue weighted by Gasteiger charge is 2.10. The number of nitrogens with one attached hydrogen (secondary N) is 1. The van der Waals surface area contributed by atoms with E-state index < -0.39 is 9.84 Å². The van der Waals surface area contributed by atoms with Crippen molar-refractivity contribution < 1.29 is 8.42 Å². The number of hydrogen-bond donors (Lipinski definition) is 1. The number of hydrazone groups is 2. The molecule has 0 atom stereocenters. The van der Waals surface area contributed by atoms with Crippen LogP contribution in [0.3, 0.4) is 0 Å². The summed E-state index contributed by atoms with van der Waals surface area (Å²) in [7, 11) is -3.41. The molecule has 0 saturated heterocycles. The number of sulfone groups is 1. The van der Waals surface area contributed by atoms with Gasteiger partial charge in [-0.2, -0.15) is 0 Å². The van der Waals surface area contributed by atoms with E-state index in [1.807, 2.05) is 0 Å². The first-order valence-electron chi connectivity index (χ1n) is 5.31. The predicted octanol–water partition coefficient (Wildman–Crippen LogP) is 2.17. The maximum Gasteiger partial charge on any atom is 0.199 e. The molecule has 0 saturated carbocycles. The summed E-state index contributed by atoms with van der Waals surface area (Å²) in [6, 6.07) is 6.14. The molecule has 0 fully saturated rings. The van der Waals surface area contributed by atoms with E-state index in [9.17, 15) is 8.42 Å². The fraction of sp³-hybridized carbons (Fsp3) is 0.0909. The van der Waals surface area contributed by atoms with Gasteiger partial charge in [0.15, 0.2) is 9.84 Å². The second-order valence-electron chi connectivity index (χ2n) is 3.62. The molecule has 0 spiro atoms. The first-order chi connectivity index (χ1) is 9.01. The average molecular weight is 299 g/mol. The van der Waals surface area contributed by atoms with E-state index in [0.717, 1.165) is 5.41 Å². The van der Waals surface area contributed by atoms with Crippen molar-refractivity contribution in [2.45, 2.75) is 11.3 Å². The Morgan fingerprint density at radius 1 is 1.37 bits per heavy atom. The Morgan fingerprint density at radius 2 is 2.05 bits per heavy atom. The topological polar surface area (TPSA) is 74.1 Å². The van der Waals surface area contributed by atoms with Crippen LogP contribution in [-0.4, -0.2) is 25.0 Å². The summed E-state index contributed by atoms with van der Waals surface area (Å²) in [4.78, 5) is 0.178. The number of benzene rings is 1. The number of anilines is 1. The normalized spacial score (nSPS) is 15.0. The molecule has 100 valence electrons. The molecule has 1 heterocycles. The van der Waals surface area contributed by atoms with Crippen molar-refractivity contribution in [2.24, 2.45) is 10.2 Å². The van der Waals surface area contributed by atoms with E-state index in [-0.39, 0.29) is 4.90 Å². The summed E-state index contributed by atoms with van der Waals surface area (Å²) in [6.07, 6.45) is 2.11. The Hall–Kier alpha value is -1.86. The summed E-state index contributed by atoms with van der Waals surface area (Å²) in [6.45, 7) is 3.27. The van der Waals surface area contributed by atoms with Gasteiger partial charge in [-0.15, -0.1) is 10.2 Å². The second-order valence-corrected chi connectivity index (χ2v) is 5.95. The zero-order valence-corrected chi connectivity index (χ0v) is 11.4. The van der Waals surface area contributed by atoms with Crippen LogP contribution in [0.5, 0.6) is 0 Å². The van der Waals surface area contributed by atoms with Gasteiger partial charge in [-0.1, -0.05) is 23.4 Å².